The molecule has 0 saturated carbocycles. The van der Waals surface area contributed by atoms with E-state index >= 15 is 0 Å². The Labute approximate surface area is 127 Å². The Kier molecular flexibility index (Phi) is 3.63. The van der Waals surface area contributed by atoms with Gasteiger partial charge in [0.1, 0.15) is 5.52 Å². The number of hydrogen-bond acceptors (Lipinski definition) is 3. The number of fused-ring (bicyclic) bond motifs is 1. The maximum absolute atomic E-state index is 8.79. The highest BCUT2D eigenvalue weighted by atomic mass is 14.9. The average Bonchev–Trinajstić information content (AvgIpc) is 2.99. The van der Waals surface area contributed by atoms with Crippen LogP contribution in [-0.2, 0) is 6.42 Å². The zero-order valence-electron chi connectivity index (χ0n) is 11.6. The van der Waals surface area contributed by atoms with Crippen LogP contribution in [0.5, 0.6) is 0 Å². The molecule has 0 atom stereocenters. The molecule has 0 saturated heterocycles. The zero-order chi connectivity index (χ0) is 15.4. The number of aromatic nitrogens is 3. The number of rotatable bonds is 3. The Hall–Kier alpha value is -3.44. The molecule has 22 heavy (non-hydrogen) atoms. The average molecular weight is 285 g/mol. The second-order valence-corrected chi connectivity index (χ2v) is 4.65. The molecule has 0 radical (unpaired) electrons. The molecule has 2 heterocycles. The number of H-pyrrole nitrogens is 1. The summed E-state index contributed by atoms with van der Waals surface area (Å²) in [6.07, 6.45) is 5.62. The van der Waals surface area contributed by atoms with Crippen molar-refractivity contribution in [1.82, 2.24) is 15.0 Å². The third kappa shape index (κ3) is 2.56. The van der Waals surface area contributed by atoms with Crippen molar-refractivity contribution in [3.05, 3.63) is 71.5 Å². The normalized spacial score (nSPS) is 11.1. The van der Waals surface area contributed by atoms with Crippen LogP contribution in [0.1, 0.15) is 5.56 Å². The summed E-state index contributed by atoms with van der Waals surface area (Å²) in [7, 11) is 0. The van der Waals surface area contributed by atoms with E-state index in [1.807, 2.05) is 42.6 Å². The second kappa shape index (κ2) is 5.90. The third-order valence-electron chi connectivity index (χ3n) is 3.28. The van der Waals surface area contributed by atoms with Crippen LogP contribution < -0.4 is 0 Å². The number of hydrogen-bond donors (Lipinski definition) is 1. The predicted molar refractivity (Wildman–Crippen MR) is 83.3 cm³/mol. The quantitative estimate of drug-likeness (QED) is 0.591. The molecule has 1 N–H and O–H groups in total. The van der Waals surface area contributed by atoms with Gasteiger partial charge in [-0.05, 0) is 6.42 Å². The zero-order valence-corrected chi connectivity index (χ0v) is 11.6. The number of benzene rings is 1. The Morgan fingerprint density at radius 2 is 2.18 bits per heavy atom. The summed E-state index contributed by atoms with van der Waals surface area (Å²) in [6.45, 7) is 6.90. The minimum absolute atomic E-state index is 0.0847. The molecule has 3 rings (SSSR count). The molecular formula is C17H11N5. The van der Waals surface area contributed by atoms with Gasteiger partial charge < -0.3 is 4.98 Å². The third-order valence-corrected chi connectivity index (χ3v) is 3.28. The van der Waals surface area contributed by atoms with Gasteiger partial charge in [-0.15, -0.1) is 0 Å². The summed E-state index contributed by atoms with van der Waals surface area (Å²) in [5, 5.41) is 8.79. The Morgan fingerprint density at radius 1 is 1.36 bits per heavy atom. The summed E-state index contributed by atoms with van der Waals surface area (Å²) >= 11 is 0. The van der Waals surface area contributed by atoms with E-state index in [2.05, 4.69) is 19.8 Å². The Balaban J connectivity index is 2.02. The van der Waals surface area contributed by atoms with Crippen LogP contribution in [0.4, 0.5) is 0 Å². The van der Waals surface area contributed by atoms with Crippen LogP contribution in [0.15, 0.2) is 54.5 Å². The van der Waals surface area contributed by atoms with Crippen molar-refractivity contribution in [2.24, 2.45) is 0 Å². The van der Waals surface area contributed by atoms with Crippen molar-refractivity contribution >= 4 is 11.2 Å². The molecule has 0 fully saturated rings. The number of allylic oxidation sites excluding steroid dienone is 2. The number of nitriles is 1. The van der Waals surface area contributed by atoms with E-state index in [9.17, 15) is 0 Å². The highest BCUT2D eigenvalue weighted by molar-refractivity contribution is 5.78. The highest BCUT2D eigenvalue weighted by Crippen LogP contribution is 2.21. The molecule has 3 aromatic rings. The molecular weight excluding hydrogens is 274 g/mol. The largest absolute Gasteiger partial charge is 0.345 e. The first-order chi connectivity index (χ1) is 10.8. The van der Waals surface area contributed by atoms with Gasteiger partial charge in [0.2, 0.25) is 0 Å². The maximum Gasteiger partial charge on any atom is 0.258 e. The van der Waals surface area contributed by atoms with Gasteiger partial charge in [0.25, 0.3) is 5.70 Å². The fourth-order valence-corrected chi connectivity index (χ4v) is 2.17. The van der Waals surface area contributed by atoms with E-state index in [0.29, 0.717) is 12.1 Å². The minimum Gasteiger partial charge on any atom is -0.345 e. The van der Waals surface area contributed by atoms with Gasteiger partial charge in [-0.2, -0.15) is 0 Å². The summed E-state index contributed by atoms with van der Waals surface area (Å²) in [6, 6.07) is 11.7. The van der Waals surface area contributed by atoms with Gasteiger partial charge in [-0.25, -0.2) is 20.1 Å². The van der Waals surface area contributed by atoms with Gasteiger partial charge in [0.05, 0.1) is 24.5 Å². The van der Waals surface area contributed by atoms with Gasteiger partial charge in [-0.1, -0.05) is 36.4 Å². The van der Waals surface area contributed by atoms with E-state index < -0.39 is 0 Å². The number of nitrogens with one attached hydrogen (secondary N) is 1. The summed E-state index contributed by atoms with van der Waals surface area (Å²) in [4.78, 5) is 15.3. The van der Waals surface area contributed by atoms with E-state index in [0.717, 1.165) is 22.3 Å². The van der Waals surface area contributed by atoms with Gasteiger partial charge in [0.15, 0.2) is 5.65 Å². The lowest BCUT2D eigenvalue weighted by molar-refractivity contribution is 1.25. The van der Waals surface area contributed by atoms with Gasteiger partial charge >= 0.3 is 0 Å². The Bertz CT molecular complexity index is 907. The van der Waals surface area contributed by atoms with Crippen LogP contribution >= 0.6 is 0 Å². The first-order valence-corrected chi connectivity index (χ1v) is 6.68. The summed E-state index contributed by atoms with van der Waals surface area (Å²) in [5.74, 6) is 0. The predicted octanol–water partition coefficient (Wildman–Crippen LogP) is 3.49. The van der Waals surface area contributed by atoms with Crippen LogP contribution in [0, 0.1) is 17.9 Å². The fraction of sp³-hybridized carbons (Fsp3) is 0.0588. The monoisotopic (exact) mass is 285 g/mol. The topological polar surface area (TPSA) is 69.7 Å². The van der Waals surface area contributed by atoms with Crippen LogP contribution in [0.2, 0.25) is 0 Å². The van der Waals surface area contributed by atoms with Crippen LogP contribution in [0.3, 0.4) is 0 Å². The maximum atomic E-state index is 8.79. The molecule has 0 bridgehead atoms. The molecule has 5 heteroatoms. The smallest absolute Gasteiger partial charge is 0.258 e. The van der Waals surface area contributed by atoms with E-state index in [4.69, 9.17) is 11.8 Å². The molecule has 2 aromatic heterocycles. The minimum atomic E-state index is 0.0847. The van der Waals surface area contributed by atoms with Crippen molar-refractivity contribution in [2.75, 3.05) is 0 Å². The van der Waals surface area contributed by atoms with Crippen molar-refractivity contribution < 1.29 is 0 Å². The first-order valence-electron chi connectivity index (χ1n) is 6.68. The molecule has 0 spiro atoms. The lowest BCUT2D eigenvalue weighted by Gasteiger charge is -2.01. The summed E-state index contributed by atoms with van der Waals surface area (Å²) in [5.41, 5.74) is 4.25. The SMILES string of the molecule is [C-]#[N+]/C(C#N)=C\Cc1c[nH]c2ncc(-c3ccccc3)nc12. The number of aromatic amines is 1. The fourth-order valence-electron chi connectivity index (χ4n) is 2.17. The standard InChI is InChI=1S/C17H11N5/c1-19-14(9-18)8-7-13-10-20-17-16(13)22-15(11-21-17)12-5-3-2-4-6-12/h2-6,8,10-11H,7H2,(H,20,21)/b14-8-. The van der Waals surface area contributed by atoms with Gasteiger partial charge in [-0.3, -0.25) is 0 Å². The molecule has 0 aliphatic carbocycles. The van der Waals surface area contributed by atoms with E-state index in [-0.39, 0.29) is 5.70 Å². The van der Waals surface area contributed by atoms with Crippen LogP contribution in [-0.4, -0.2) is 15.0 Å². The van der Waals surface area contributed by atoms with E-state index in [1.165, 1.54) is 0 Å². The second-order valence-electron chi connectivity index (χ2n) is 4.65. The molecule has 0 amide bonds. The van der Waals surface area contributed by atoms with Crippen molar-refractivity contribution in [3.63, 3.8) is 0 Å². The highest BCUT2D eigenvalue weighted by Gasteiger charge is 2.08. The summed E-state index contributed by atoms with van der Waals surface area (Å²) < 4.78 is 0. The van der Waals surface area contributed by atoms with Crippen molar-refractivity contribution in [3.8, 4) is 17.3 Å². The van der Waals surface area contributed by atoms with Crippen molar-refractivity contribution in [2.45, 2.75) is 6.42 Å². The van der Waals surface area contributed by atoms with Crippen molar-refractivity contribution in [1.29, 1.82) is 5.26 Å². The first kappa shape index (κ1) is 13.5. The molecule has 0 aliphatic rings. The van der Waals surface area contributed by atoms with Crippen LogP contribution in [0.25, 0.3) is 27.3 Å². The lowest BCUT2D eigenvalue weighted by Crippen LogP contribution is -1.89. The van der Waals surface area contributed by atoms with E-state index in [1.54, 1.807) is 12.3 Å². The Morgan fingerprint density at radius 3 is 2.91 bits per heavy atom. The molecule has 0 aliphatic heterocycles. The molecule has 1 aromatic carbocycles. The molecule has 0 unspecified atom stereocenters. The van der Waals surface area contributed by atoms with Gasteiger partial charge in [0, 0.05) is 17.3 Å². The number of nitrogens with zero attached hydrogens (tertiary/aromatic N) is 4. The molecule has 5 nitrogen and oxygen atoms in total. The molecule has 104 valence electrons. The lowest BCUT2D eigenvalue weighted by atomic mass is 10.1.